The number of ether oxygens (including phenoxy) is 1. The van der Waals surface area contributed by atoms with Crippen LogP contribution in [0.3, 0.4) is 0 Å². The van der Waals surface area contributed by atoms with Crippen LogP contribution in [0.1, 0.15) is 37.1 Å². The Balaban J connectivity index is 1.57. The van der Waals surface area contributed by atoms with E-state index in [1.165, 1.54) is 0 Å². The van der Waals surface area contributed by atoms with Gasteiger partial charge in [-0.15, -0.1) is 0 Å². The maximum atomic E-state index is 12.3. The molecule has 128 valence electrons. The summed E-state index contributed by atoms with van der Waals surface area (Å²) in [5, 5.41) is 3.96. The maximum Gasteiger partial charge on any atom is 0.222 e. The highest BCUT2D eigenvalue weighted by molar-refractivity contribution is 5.77. The molecule has 1 aromatic heterocycles. The third-order valence-electron chi connectivity index (χ3n) is 5.03. The number of amides is 1. The fourth-order valence-corrected chi connectivity index (χ4v) is 3.95. The van der Waals surface area contributed by atoms with E-state index in [-0.39, 0.29) is 0 Å². The molecule has 23 heavy (non-hydrogen) atoms. The summed E-state index contributed by atoms with van der Waals surface area (Å²) in [4.78, 5) is 16.8. The number of likely N-dealkylation sites (tertiary alicyclic amines) is 2. The second-order valence-electron chi connectivity index (χ2n) is 6.76. The molecule has 2 atom stereocenters. The van der Waals surface area contributed by atoms with E-state index in [0.29, 0.717) is 24.3 Å². The molecule has 0 bridgehead atoms. The lowest BCUT2D eigenvalue weighted by atomic mass is 9.83. The number of aryl methyl sites for hydroxylation is 1. The zero-order valence-electron chi connectivity index (χ0n) is 14.2. The molecular weight excluding hydrogens is 294 g/mol. The van der Waals surface area contributed by atoms with E-state index in [2.05, 4.69) is 15.0 Å². The lowest BCUT2D eigenvalue weighted by Gasteiger charge is -2.47. The number of carbonyl (C=O) groups excluding carboxylic acids is 1. The van der Waals surface area contributed by atoms with Crippen LogP contribution in [0.25, 0.3) is 0 Å². The van der Waals surface area contributed by atoms with Crippen LogP contribution in [-0.2, 0) is 16.1 Å². The van der Waals surface area contributed by atoms with Gasteiger partial charge in [0.15, 0.2) is 5.76 Å². The summed E-state index contributed by atoms with van der Waals surface area (Å²) in [6, 6.07) is 2.41. The summed E-state index contributed by atoms with van der Waals surface area (Å²) < 4.78 is 10.5. The molecule has 2 unspecified atom stereocenters. The number of piperidine rings is 2. The molecule has 1 amide bonds. The first-order valence-corrected chi connectivity index (χ1v) is 8.60. The van der Waals surface area contributed by atoms with Crippen molar-refractivity contribution in [1.29, 1.82) is 0 Å². The van der Waals surface area contributed by atoms with Crippen molar-refractivity contribution in [2.24, 2.45) is 5.92 Å². The molecule has 0 aliphatic carbocycles. The van der Waals surface area contributed by atoms with Gasteiger partial charge < -0.3 is 14.2 Å². The van der Waals surface area contributed by atoms with Gasteiger partial charge in [0.05, 0.1) is 12.2 Å². The highest BCUT2D eigenvalue weighted by Gasteiger charge is 2.39. The zero-order valence-corrected chi connectivity index (χ0v) is 14.2. The van der Waals surface area contributed by atoms with Gasteiger partial charge in [-0.2, -0.15) is 0 Å². The SMILES string of the molecule is COCCCN1C(=O)CCC2CN(Cc3cc(C)no3)CCC21. The van der Waals surface area contributed by atoms with Crippen molar-refractivity contribution >= 4 is 5.91 Å². The fourth-order valence-electron chi connectivity index (χ4n) is 3.95. The van der Waals surface area contributed by atoms with Crippen molar-refractivity contribution in [2.75, 3.05) is 33.4 Å². The van der Waals surface area contributed by atoms with E-state index in [1.54, 1.807) is 7.11 Å². The van der Waals surface area contributed by atoms with Crippen molar-refractivity contribution < 1.29 is 14.1 Å². The lowest BCUT2D eigenvalue weighted by Crippen LogP contribution is -2.56. The normalized spacial score (nSPS) is 25.7. The van der Waals surface area contributed by atoms with Crippen LogP contribution in [0.4, 0.5) is 0 Å². The Labute approximate surface area is 137 Å². The van der Waals surface area contributed by atoms with Crippen molar-refractivity contribution in [1.82, 2.24) is 15.0 Å². The molecule has 2 aliphatic rings. The van der Waals surface area contributed by atoms with Crippen LogP contribution < -0.4 is 0 Å². The Morgan fingerprint density at radius 1 is 1.43 bits per heavy atom. The van der Waals surface area contributed by atoms with Gasteiger partial charge in [0.25, 0.3) is 0 Å². The van der Waals surface area contributed by atoms with Gasteiger partial charge >= 0.3 is 0 Å². The van der Waals surface area contributed by atoms with Gasteiger partial charge in [-0.25, -0.2) is 0 Å². The Morgan fingerprint density at radius 3 is 3.04 bits per heavy atom. The molecule has 1 aromatic rings. The summed E-state index contributed by atoms with van der Waals surface area (Å²) in [5.41, 5.74) is 0.933. The standard InChI is InChI=1S/C17H27N3O3/c1-13-10-15(23-18-13)12-19-8-6-16-14(11-19)4-5-17(21)20(16)7-3-9-22-2/h10,14,16H,3-9,11-12H2,1-2H3. The van der Waals surface area contributed by atoms with Crippen LogP contribution in [0.2, 0.25) is 0 Å². The van der Waals surface area contributed by atoms with E-state index in [9.17, 15) is 4.79 Å². The van der Waals surface area contributed by atoms with Crippen molar-refractivity contribution in [3.63, 3.8) is 0 Å². The third-order valence-corrected chi connectivity index (χ3v) is 5.03. The Hall–Kier alpha value is -1.40. The minimum Gasteiger partial charge on any atom is -0.385 e. The quantitative estimate of drug-likeness (QED) is 0.748. The van der Waals surface area contributed by atoms with E-state index in [0.717, 1.165) is 63.5 Å². The first-order valence-electron chi connectivity index (χ1n) is 8.60. The summed E-state index contributed by atoms with van der Waals surface area (Å²) in [6.45, 7) is 6.37. The van der Waals surface area contributed by atoms with Gasteiger partial charge in [0.1, 0.15) is 0 Å². The minimum atomic E-state index is 0.321. The average molecular weight is 321 g/mol. The largest absolute Gasteiger partial charge is 0.385 e. The molecule has 2 saturated heterocycles. The highest BCUT2D eigenvalue weighted by Crippen LogP contribution is 2.32. The van der Waals surface area contributed by atoms with Gasteiger partial charge in [-0.3, -0.25) is 9.69 Å². The van der Waals surface area contributed by atoms with Crippen LogP contribution in [0.15, 0.2) is 10.6 Å². The topological polar surface area (TPSA) is 58.8 Å². The van der Waals surface area contributed by atoms with E-state index >= 15 is 0 Å². The molecule has 2 aliphatic heterocycles. The number of nitrogens with zero attached hydrogens (tertiary/aromatic N) is 3. The third kappa shape index (κ3) is 3.93. The molecule has 0 aromatic carbocycles. The first kappa shape index (κ1) is 16.5. The number of hydrogen-bond donors (Lipinski definition) is 0. The molecule has 0 spiro atoms. The molecule has 3 heterocycles. The van der Waals surface area contributed by atoms with Crippen molar-refractivity contribution in [2.45, 2.75) is 45.2 Å². The second kappa shape index (κ2) is 7.45. The maximum absolute atomic E-state index is 12.3. The number of hydrogen-bond acceptors (Lipinski definition) is 5. The molecule has 0 radical (unpaired) electrons. The van der Waals surface area contributed by atoms with E-state index in [4.69, 9.17) is 9.26 Å². The highest BCUT2D eigenvalue weighted by atomic mass is 16.5. The van der Waals surface area contributed by atoms with E-state index < -0.39 is 0 Å². The van der Waals surface area contributed by atoms with Crippen molar-refractivity contribution in [3.05, 3.63) is 17.5 Å². The number of fused-ring (bicyclic) bond motifs is 1. The van der Waals surface area contributed by atoms with Crippen LogP contribution in [0, 0.1) is 12.8 Å². The van der Waals surface area contributed by atoms with Crippen LogP contribution >= 0.6 is 0 Å². The molecule has 0 N–H and O–H groups in total. The molecule has 6 heteroatoms. The Morgan fingerprint density at radius 2 is 2.30 bits per heavy atom. The van der Waals surface area contributed by atoms with Crippen LogP contribution in [0.5, 0.6) is 0 Å². The fraction of sp³-hybridized carbons (Fsp3) is 0.765. The zero-order chi connectivity index (χ0) is 16.2. The number of methoxy groups -OCH3 is 1. The second-order valence-corrected chi connectivity index (χ2v) is 6.76. The summed E-state index contributed by atoms with van der Waals surface area (Å²) >= 11 is 0. The smallest absolute Gasteiger partial charge is 0.222 e. The molecular formula is C17H27N3O3. The lowest BCUT2D eigenvalue weighted by molar-refractivity contribution is -0.141. The molecule has 3 rings (SSSR count). The predicted octanol–water partition coefficient (Wildman–Crippen LogP) is 1.83. The Kier molecular flexibility index (Phi) is 5.33. The molecule has 0 saturated carbocycles. The molecule has 6 nitrogen and oxygen atoms in total. The number of carbonyl (C=O) groups is 1. The first-order chi connectivity index (χ1) is 11.2. The average Bonchev–Trinajstić information content (AvgIpc) is 2.95. The van der Waals surface area contributed by atoms with E-state index in [1.807, 2.05) is 13.0 Å². The predicted molar refractivity (Wildman–Crippen MR) is 85.9 cm³/mol. The summed E-state index contributed by atoms with van der Waals surface area (Å²) in [5.74, 6) is 1.83. The monoisotopic (exact) mass is 321 g/mol. The van der Waals surface area contributed by atoms with Crippen molar-refractivity contribution in [3.8, 4) is 0 Å². The van der Waals surface area contributed by atoms with Gasteiger partial charge in [-0.1, -0.05) is 5.16 Å². The van der Waals surface area contributed by atoms with Gasteiger partial charge in [0.2, 0.25) is 5.91 Å². The Bertz CT molecular complexity index is 531. The molecule has 2 fully saturated rings. The summed E-state index contributed by atoms with van der Waals surface area (Å²) in [6.07, 6.45) is 3.67. The number of rotatable bonds is 6. The minimum absolute atomic E-state index is 0.321. The van der Waals surface area contributed by atoms with Gasteiger partial charge in [0, 0.05) is 51.9 Å². The van der Waals surface area contributed by atoms with Gasteiger partial charge in [-0.05, 0) is 32.1 Å². The number of aromatic nitrogens is 1. The van der Waals surface area contributed by atoms with Crippen LogP contribution in [-0.4, -0.2) is 60.3 Å². The summed E-state index contributed by atoms with van der Waals surface area (Å²) in [7, 11) is 1.71.